The molecule has 3 aromatic carbocycles. The highest BCUT2D eigenvalue weighted by atomic mass is 16.2. The molecule has 4 aromatic rings. The smallest absolute Gasteiger partial charge is 0.259 e. The van der Waals surface area contributed by atoms with Gasteiger partial charge in [0.05, 0.1) is 12.8 Å². The fraction of sp³-hybridized carbons (Fsp3) is 0.120. The van der Waals surface area contributed by atoms with E-state index < -0.39 is 0 Å². The van der Waals surface area contributed by atoms with Gasteiger partial charge in [-0.2, -0.15) is 5.10 Å². The Bertz CT molecular complexity index is 1250. The summed E-state index contributed by atoms with van der Waals surface area (Å²) >= 11 is 0. The Morgan fingerprint density at radius 1 is 1.03 bits per heavy atom. The summed E-state index contributed by atoms with van der Waals surface area (Å²) < 4.78 is 2.19. The van der Waals surface area contributed by atoms with Crippen molar-refractivity contribution in [3.05, 3.63) is 90.6 Å². The second kappa shape index (κ2) is 8.66. The lowest BCUT2D eigenvalue weighted by Crippen LogP contribution is -2.26. The van der Waals surface area contributed by atoms with Crippen LogP contribution in [0.15, 0.2) is 84.5 Å². The second-order valence-electron chi connectivity index (χ2n) is 7.09. The van der Waals surface area contributed by atoms with Gasteiger partial charge in [0, 0.05) is 39.8 Å². The van der Waals surface area contributed by atoms with E-state index in [-0.39, 0.29) is 12.5 Å². The molecule has 0 atom stereocenters. The largest absolute Gasteiger partial charge is 0.376 e. The molecule has 1 aromatic heterocycles. The lowest BCUT2D eigenvalue weighted by atomic mass is 10.1. The van der Waals surface area contributed by atoms with Gasteiger partial charge in [-0.1, -0.05) is 60.7 Å². The number of allylic oxidation sites excluding steroid dienone is 1. The second-order valence-corrected chi connectivity index (χ2v) is 7.09. The van der Waals surface area contributed by atoms with Gasteiger partial charge in [-0.05, 0) is 24.4 Å². The summed E-state index contributed by atoms with van der Waals surface area (Å²) in [6.07, 6.45) is 3.59. The van der Waals surface area contributed by atoms with E-state index in [0.717, 1.165) is 45.2 Å². The maximum Gasteiger partial charge on any atom is 0.259 e. The normalized spacial score (nSPS) is 11.2. The number of hydrazone groups is 1. The summed E-state index contributed by atoms with van der Waals surface area (Å²) in [5.41, 5.74) is 6.75. The molecule has 0 spiro atoms. The molecule has 5 nitrogen and oxygen atoms in total. The van der Waals surface area contributed by atoms with Gasteiger partial charge in [0.1, 0.15) is 0 Å². The minimum atomic E-state index is -0.202. The molecule has 0 aliphatic heterocycles. The molecule has 4 rings (SSSR count). The van der Waals surface area contributed by atoms with E-state index in [1.54, 1.807) is 6.21 Å². The van der Waals surface area contributed by atoms with E-state index in [9.17, 15) is 4.79 Å². The number of rotatable bonds is 7. The first-order valence-corrected chi connectivity index (χ1v) is 9.91. The average Bonchev–Trinajstić information content (AvgIpc) is 3.04. The fourth-order valence-corrected chi connectivity index (χ4v) is 3.75. The third kappa shape index (κ3) is 3.82. The van der Waals surface area contributed by atoms with Gasteiger partial charge in [0.15, 0.2) is 0 Å². The Kier molecular flexibility index (Phi) is 5.61. The maximum absolute atomic E-state index is 12.3. The third-order valence-electron chi connectivity index (χ3n) is 5.20. The summed E-state index contributed by atoms with van der Waals surface area (Å²) in [7, 11) is 0. The standard InChI is InChI=1S/C25H24N4O/c1-3-15-29-18(2)22(21-12-6-7-14-24(21)29)16-27-28-25(30)17-26-23-13-8-10-19-9-4-5-11-20(19)23/h3-14,16,26H,1,15,17H2,2H3,(H,28,30)/b27-16-. The van der Waals surface area contributed by atoms with Crippen molar-refractivity contribution in [1.29, 1.82) is 0 Å². The van der Waals surface area contributed by atoms with Gasteiger partial charge in [-0.3, -0.25) is 4.79 Å². The topological polar surface area (TPSA) is 58.4 Å². The molecule has 0 fully saturated rings. The van der Waals surface area contributed by atoms with Crippen LogP contribution in [-0.4, -0.2) is 23.2 Å². The number of hydrogen-bond donors (Lipinski definition) is 2. The monoisotopic (exact) mass is 396 g/mol. The fourth-order valence-electron chi connectivity index (χ4n) is 3.75. The molecule has 30 heavy (non-hydrogen) atoms. The van der Waals surface area contributed by atoms with Gasteiger partial charge >= 0.3 is 0 Å². The summed E-state index contributed by atoms with van der Waals surface area (Å²) in [5, 5.41) is 10.7. The summed E-state index contributed by atoms with van der Waals surface area (Å²) in [4.78, 5) is 12.3. The number of hydrogen-bond acceptors (Lipinski definition) is 3. The van der Waals surface area contributed by atoms with Gasteiger partial charge < -0.3 is 9.88 Å². The molecule has 1 heterocycles. The average molecular weight is 396 g/mol. The van der Waals surface area contributed by atoms with Crippen LogP contribution in [0.4, 0.5) is 5.69 Å². The molecule has 0 saturated carbocycles. The quantitative estimate of drug-likeness (QED) is 0.266. The number of aromatic nitrogens is 1. The first-order chi connectivity index (χ1) is 14.7. The van der Waals surface area contributed by atoms with Crippen molar-refractivity contribution in [3.8, 4) is 0 Å². The SMILES string of the molecule is C=CCn1c(C)c(/C=N\NC(=O)CNc2cccc3ccccc23)c2ccccc21. The van der Waals surface area contributed by atoms with Gasteiger partial charge in [0.25, 0.3) is 5.91 Å². The number of fused-ring (bicyclic) bond motifs is 2. The minimum absolute atomic E-state index is 0.141. The Hall–Kier alpha value is -3.86. The summed E-state index contributed by atoms with van der Waals surface area (Å²) in [5.74, 6) is -0.202. The third-order valence-corrected chi connectivity index (χ3v) is 5.20. The molecule has 0 unspecified atom stereocenters. The van der Waals surface area contributed by atoms with Crippen molar-refractivity contribution < 1.29 is 4.79 Å². The van der Waals surface area contributed by atoms with Crippen molar-refractivity contribution >= 4 is 39.5 Å². The van der Waals surface area contributed by atoms with Crippen LogP contribution in [0.1, 0.15) is 11.3 Å². The van der Waals surface area contributed by atoms with E-state index in [1.807, 2.05) is 48.5 Å². The van der Waals surface area contributed by atoms with Crippen molar-refractivity contribution in [2.45, 2.75) is 13.5 Å². The Labute approximate surface area is 175 Å². The van der Waals surface area contributed by atoms with Crippen LogP contribution in [0.25, 0.3) is 21.7 Å². The molecule has 0 saturated heterocycles. The number of amides is 1. The lowest BCUT2D eigenvalue weighted by Gasteiger charge is -2.08. The van der Waals surface area contributed by atoms with Crippen LogP contribution in [0, 0.1) is 6.92 Å². The van der Waals surface area contributed by atoms with E-state index in [1.165, 1.54) is 0 Å². The van der Waals surface area contributed by atoms with Crippen LogP contribution in [0.5, 0.6) is 0 Å². The van der Waals surface area contributed by atoms with Crippen LogP contribution in [0.2, 0.25) is 0 Å². The molecule has 150 valence electrons. The van der Waals surface area contributed by atoms with Gasteiger partial charge in [-0.25, -0.2) is 5.43 Å². The van der Waals surface area contributed by atoms with E-state index in [0.29, 0.717) is 0 Å². The highest BCUT2D eigenvalue weighted by Gasteiger charge is 2.11. The first-order valence-electron chi connectivity index (χ1n) is 9.91. The van der Waals surface area contributed by atoms with Crippen LogP contribution in [0.3, 0.4) is 0 Å². The lowest BCUT2D eigenvalue weighted by molar-refractivity contribution is -0.119. The molecule has 1 amide bonds. The van der Waals surface area contributed by atoms with Gasteiger partial charge in [0.2, 0.25) is 0 Å². The molecular weight excluding hydrogens is 372 g/mol. The Morgan fingerprint density at radius 3 is 2.60 bits per heavy atom. The highest BCUT2D eigenvalue weighted by molar-refractivity contribution is 6.01. The minimum Gasteiger partial charge on any atom is -0.376 e. The summed E-state index contributed by atoms with van der Waals surface area (Å²) in [6, 6.07) is 22.2. The molecular formula is C25H24N4O. The number of carbonyl (C=O) groups is 1. The zero-order valence-electron chi connectivity index (χ0n) is 16.9. The Balaban J connectivity index is 1.45. The molecule has 2 N–H and O–H groups in total. The number of nitrogens with one attached hydrogen (secondary N) is 2. The number of para-hydroxylation sites is 1. The molecule has 0 aliphatic carbocycles. The van der Waals surface area contributed by atoms with Gasteiger partial charge in [-0.15, -0.1) is 6.58 Å². The summed E-state index contributed by atoms with van der Waals surface area (Å²) in [6.45, 7) is 6.76. The van der Waals surface area contributed by atoms with Crippen LogP contribution >= 0.6 is 0 Å². The first kappa shape index (κ1) is 19.5. The zero-order chi connectivity index (χ0) is 20.9. The molecule has 5 heteroatoms. The predicted octanol–water partition coefficient (Wildman–Crippen LogP) is 4.85. The maximum atomic E-state index is 12.3. The van der Waals surface area contributed by atoms with Crippen molar-refractivity contribution in [2.24, 2.45) is 5.10 Å². The zero-order valence-corrected chi connectivity index (χ0v) is 16.9. The molecule has 0 aliphatic rings. The number of benzene rings is 3. The van der Waals surface area contributed by atoms with E-state index >= 15 is 0 Å². The Morgan fingerprint density at radius 2 is 1.77 bits per heavy atom. The predicted molar refractivity (Wildman–Crippen MR) is 125 cm³/mol. The highest BCUT2D eigenvalue weighted by Crippen LogP contribution is 2.25. The van der Waals surface area contributed by atoms with Crippen LogP contribution in [-0.2, 0) is 11.3 Å². The van der Waals surface area contributed by atoms with E-state index in [2.05, 4.69) is 58.2 Å². The van der Waals surface area contributed by atoms with E-state index in [4.69, 9.17) is 0 Å². The molecule has 0 bridgehead atoms. The number of anilines is 1. The van der Waals surface area contributed by atoms with Crippen molar-refractivity contribution in [1.82, 2.24) is 9.99 Å². The molecule has 0 radical (unpaired) electrons. The number of nitrogens with zero attached hydrogens (tertiary/aromatic N) is 2. The van der Waals surface area contributed by atoms with Crippen molar-refractivity contribution in [2.75, 3.05) is 11.9 Å². The number of carbonyl (C=O) groups excluding carboxylic acids is 1. The van der Waals surface area contributed by atoms with Crippen molar-refractivity contribution in [3.63, 3.8) is 0 Å². The van der Waals surface area contributed by atoms with Crippen LogP contribution < -0.4 is 10.7 Å².